The number of aliphatic hydroxyl groups is 1. The lowest BCUT2D eigenvalue weighted by atomic mass is 10.1. The summed E-state index contributed by atoms with van der Waals surface area (Å²) in [4.78, 5) is 11.7. The van der Waals surface area contributed by atoms with E-state index < -0.39 is 47.1 Å². The van der Waals surface area contributed by atoms with Gasteiger partial charge in [-0.25, -0.2) is 8.98 Å². The van der Waals surface area contributed by atoms with Gasteiger partial charge in [0, 0.05) is 0 Å². The molecule has 128 valence electrons. The molecule has 1 aromatic carbocycles. The zero-order valence-electron chi connectivity index (χ0n) is 11.9. The molecule has 1 aliphatic heterocycles. The fraction of sp³-hybridized carbons (Fsp3) is 0.462. The molecule has 1 saturated heterocycles. The molecule has 1 fully saturated rings. The molecule has 1 unspecified atom stereocenters. The molecule has 0 saturated carbocycles. The van der Waals surface area contributed by atoms with Crippen molar-refractivity contribution in [1.82, 2.24) is 0 Å². The van der Waals surface area contributed by atoms with Crippen molar-refractivity contribution in [3.05, 3.63) is 35.9 Å². The topological polar surface area (TPSA) is 99.1 Å². The van der Waals surface area contributed by atoms with E-state index in [2.05, 4.69) is 8.92 Å². The first-order valence-electron chi connectivity index (χ1n) is 6.43. The minimum absolute atomic E-state index is 0.190. The van der Waals surface area contributed by atoms with Gasteiger partial charge < -0.3 is 14.6 Å². The van der Waals surface area contributed by atoms with E-state index in [0.717, 1.165) is 0 Å². The molecule has 1 N–H and O–H groups in total. The second-order valence-electron chi connectivity index (χ2n) is 4.89. The molecule has 3 atom stereocenters. The van der Waals surface area contributed by atoms with Crippen LogP contribution in [0.1, 0.15) is 10.4 Å². The lowest BCUT2D eigenvalue weighted by Gasteiger charge is -2.18. The Morgan fingerprint density at radius 2 is 1.96 bits per heavy atom. The predicted molar refractivity (Wildman–Crippen MR) is 72.3 cm³/mol. The highest BCUT2D eigenvalue weighted by molar-refractivity contribution is 7.86. The second-order valence-corrected chi connectivity index (χ2v) is 6.49. The zero-order valence-corrected chi connectivity index (χ0v) is 12.7. The first-order valence-corrected chi connectivity index (χ1v) is 8.24. The number of hydrogen-bond acceptors (Lipinski definition) is 7. The number of esters is 1. The van der Waals surface area contributed by atoms with E-state index in [1.54, 1.807) is 18.2 Å². The van der Waals surface area contributed by atoms with Gasteiger partial charge in [0.15, 0.2) is 6.10 Å². The molecular weight excluding hydrogens is 338 g/mol. The van der Waals surface area contributed by atoms with Crippen molar-refractivity contribution in [2.45, 2.75) is 24.4 Å². The zero-order chi connectivity index (χ0) is 17.3. The van der Waals surface area contributed by atoms with Crippen LogP contribution in [0, 0.1) is 0 Å². The van der Waals surface area contributed by atoms with Gasteiger partial charge >= 0.3 is 11.9 Å². The lowest BCUT2D eigenvalue weighted by Crippen LogP contribution is -2.42. The van der Waals surface area contributed by atoms with Gasteiger partial charge in [0.2, 0.25) is 6.29 Å². The highest BCUT2D eigenvalue weighted by atomic mass is 32.2. The number of carbonyl (C=O) groups excluding carboxylic acids is 1. The Bertz CT molecular complexity index is 662. The highest BCUT2D eigenvalue weighted by Crippen LogP contribution is 2.37. The summed E-state index contributed by atoms with van der Waals surface area (Å²) >= 11 is 0. The van der Waals surface area contributed by atoms with E-state index in [4.69, 9.17) is 4.74 Å². The number of alkyl halides is 2. The molecule has 0 amide bonds. The maximum atomic E-state index is 13.7. The van der Waals surface area contributed by atoms with Gasteiger partial charge in [-0.05, 0) is 12.1 Å². The van der Waals surface area contributed by atoms with Crippen LogP contribution in [0.3, 0.4) is 0 Å². The van der Waals surface area contributed by atoms with Crippen LogP contribution in [0.2, 0.25) is 0 Å². The molecule has 0 aromatic heterocycles. The van der Waals surface area contributed by atoms with Crippen molar-refractivity contribution in [3.63, 3.8) is 0 Å². The van der Waals surface area contributed by atoms with Crippen molar-refractivity contribution in [2.75, 3.05) is 12.9 Å². The summed E-state index contributed by atoms with van der Waals surface area (Å²) in [6, 6.07) is 7.76. The average Bonchev–Trinajstić information content (AvgIpc) is 2.68. The summed E-state index contributed by atoms with van der Waals surface area (Å²) in [6.07, 6.45) is -5.91. The molecular formula is C13H14F2O7S. The minimum atomic E-state index is -4.22. The van der Waals surface area contributed by atoms with Crippen LogP contribution in [-0.2, 0) is 23.8 Å². The summed E-state index contributed by atoms with van der Waals surface area (Å²) in [7, 11) is -4.22. The standard InChI is InChI=1S/C13H14F2O7S/c1-23(18,19)22-12-13(14,15)10(16)9(21-12)7-20-11(17)8-5-3-2-4-6-8/h2-6,9-10,12,16H,7H2,1H3/t9-,10?,12+/m1/s1. The van der Waals surface area contributed by atoms with E-state index in [-0.39, 0.29) is 5.56 Å². The molecule has 2 rings (SSSR count). The Kier molecular flexibility index (Phi) is 4.99. The monoisotopic (exact) mass is 352 g/mol. The van der Waals surface area contributed by atoms with E-state index in [1.807, 2.05) is 0 Å². The Morgan fingerprint density at radius 3 is 2.52 bits per heavy atom. The maximum absolute atomic E-state index is 13.7. The Hall–Kier alpha value is -1.62. The van der Waals surface area contributed by atoms with Crippen molar-refractivity contribution in [3.8, 4) is 0 Å². The first kappa shape index (κ1) is 17.7. The van der Waals surface area contributed by atoms with Gasteiger partial charge in [-0.3, -0.25) is 0 Å². The number of hydrogen-bond donors (Lipinski definition) is 1. The van der Waals surface area contributed by atoms with Gasteiger partial charge in [0.05, 0.1) is 11.8 Å². The minimum Gasteiger partial charge on any atom is -0.459 e. The van der Waals surface area contributed by atoms with Crippen LogP contribution in [0.25, 0.3) is 0 Å². The Labute approximate surface area is 130 Å². The maximum Gasteiger partial charge on any atom is 0.338 e. The van der Waals surface area contributed by atoms with Gasteiger partial charge in [-0.2, -0.15) is 17.2 Å². The number of aliphatic hydroxyl groups excluding tert-OH is 1. The highest BCUT2D eigenvalue weighted by Gasteiger charge is 2.60. The molecule has 7 nitrogen and oxygen atoms in total. The molecule has 1 heterocycles. The number of rotatable bonds is 5. The first-order chi connectivity index (χ1) is 10.6. The second kappa shape index (κ2) is 6.48. The quantitative estimate of drug-likeness (QED) is 0.610. The van der Waals surface area contributed by atoms with Crippen molar-refractivity contribution in [1.29, 1.82) is 0 Å². The van der Waals surface area contributed by atoms with Gasteiger partial charge in [-0.15, -0.1) is 0 Å². The molecule has 0 bridgehead atoms. The summed E-state index contributed by atoms with van der Waals surface area (Å²) in [6.45, 7) is -0.686. The van der Waals surface area contributed by atoms with Crippen LogP contribution in [0.4, 0.5) is 8.78 Å². The Morgan fingerprint density at radius 1 is 1.35 bits per heavy atom. The third kappa shape index (κ3) is 4.22. The van der Waals surface area contributed by atoms with Crippen LogP contribution >= 0.6 is 0 Å². The summed E-state index contributed by atoms with van der Waals surface area (Å²) in [5.41, 5.74) is 0.190. The van der Waals surface area contributed by atoms with Gasteiger partial charge in [-0.1, -0.05) is 18.2 Å². The molecule has 1 aliphatic rings. The number of benzene rings is 1. The number of ether oxygens (including phenoxy) is 2. The van der Waals surface area contributed by atoms with Crippen LogP contribution < -0.4 is 0 Å². The van der Waals surface area contributed by atoms with E-state index in [1.165, 1.54) is 12.1 Å². The summed E-state index contributed by atoms with van der Waals surface area (Å²) in [5, 5.41) is 9.53. The van der Waals surface area contributed by atoms with E-state index >= 15 is 0 Å². The molecule has 0 spiro atoms. The van der Waals surface area contributed by atoms with Gasteiger partial charge in [0.25, 0.3) is 10.1 Å². The summed E-state index contributed by atoms with van der Waals surface area (Å²) in [5.74, 6) is -4.76. The molecule has 10 heteroatoms. The third-order valence-corrected chi connectivity index (χ3v) is 3.53. The van der Waals surface area contributed by atoms with Crippen LogP contribution in [0.5, 0.6) is 0 Å². The molecule has 1 aromatic rings. The number of carbonyl (C=O) groups is 1. The third-order valence-electron chi connectivity index (χ3n) is 3.01. The predicted octanol–water partition coefficient (Wildman–Crippen LogP) is 0.541. The number of halogens is 2. The Balaban J connectivity index is 2.00. The lowest BCUT2D eigenvalue weighted by molar-refractivity contribution is -0.182. The van der Waals surface area contributed by atoms with Crippen LogP contribution in [0.15, 0.2) is 30.3 Å². The largest absolute Gasteiger partial charge is 0.459 e. The van der Waals surface area contributed by atoms with E-state index in [9.17, 15) is 27.1 Å². The normalized spacial score (nSPS) is 26.9. The fourth-order valence-electron chi connectivity index (χ4n) is 1.90. The molecule has 23 heavy (non-hydrogen) atoms. The average molecular weight is 352 g/mol. The van der Waals surface area contributed by atoms with Crippen LogP contribution in [-0.4, -0.2) is 56.8 Å². The van der Waals surface area contributed by atoms with Crippen molar-refractivity contribution < 1.29 is 40.8 Å². The van der Waals surface area contributed by atoms with Gasteiger partial charge in [0.1, 0.15) is 12.7 Å². The van der Waals surface area contributed by atoms with Crippen molar-refractivity contribution in [2.24, 2.45) is 0 Å². The smallest absolute Gasteiger partial charge is 0.338 e. The van der Waals surface area contributed by atoms with Crippen molar-refractivity contribution >= 4 is 16.1 Å². The molecule has 0 aliphatic carbocycles. The fourth-order valence-corrected chi connectivity index (χ4v) is 2.39. The molecule has 0 radical (unpaired) electrons. The summed E-state index contributed by atoms with van der Waals surface area (Å²) < 4.78 is 62.9. The van der Waals surface area contributed by atoms with E-state index in [0.29, 0.717) is 6.26 Å². The SMILES string of the molecule is CS(=O)(=O)O[C@@H]1O[C@H](COC(=O)c2ccccc2)C(O)C1(F)F.